The summed E-state index contributed by atoms with van der Waals surface area (Å²) in [6, 6.07) is 2.59. The third-order valence-corrected chi connectivity index (χ3v) is 5.38. The third kappa shape index (κ3) is 3.53. The molecule has 1 N–H and O–H groups in total. The number of benzene rings is 1. The van der Waals surface area contributed by atoms with E-state index in [0.29, 0.717) is 0 Å². The van der Waals surface area contributed by atoms with Crippen LogP contribution >= 0.6 is 34.8 Å². The van der Waals surface area contributed by atoms with E-state index in [2.05, 4.69) is 5.10 Å². The van der Waals surface area contributed by atoms with E-state index in [9.17, 15) is 13.5 Å². The summed E-state index contributed by atoms with van der Waals surface area (Å²) < 4.78 is 41.5. The second kappa shape index (κ2) is 6.49. The quantitative estimate of drug-likeness (QED) is 0.588. The fourth-order valence-electron chi connectivity index (χ4n) is 2.13. The van der Waals surface area contributed by atoms with Gasteiger partial charge in [-0.15, -0.1) is 0 Å². The Kier molecular flexibility index (Phi) is 4.82. The first kappa shape index (κ1) is 18.6. The van der Waals surface area contributed by atoms with Crippen LogP contribution in [0, 0.1) is 0 Å². The number of methoxy groups -OCH3 is 1. The smallest absolute Gasteiger partial charge is 0.346 e. The zero-order chi connectivity index (χ0) is 18.4. The molecule has 1 aromatic carbocycles. The molecule has 0 saturated carbocycles. The molecular weight excluding hydrogens is 419 g/mol. The Morgan fingerprint density at radius 3 is 2.56 bits per heavy atom. The van der Waals surface area contributed by atoms with Crippen molar-refractivity contribution in [2.75, 3.05) is 13.7 Å². The minimum atomic E-state index is -4.36. The summed E-state index contributed by atoms with van der Waals surface area (Å²) in [7, 11) is -3.06. The highest BCUT2D eigenvalue weighted by Gasteiger charge is 2.39. The molecule has 1 aliphatic rings. The van der Waals surface area contributed by atoms with E-state index in [4.69, 9.17) is 48.5 Å². The van der Waals surface area contributed by atoms with Gasteiger partial charge in [0.1, 0.15) is 13.2 Å². The highest BCUT2D eigenvalue weighted by molar-refractivity contribution is 7.87. The van der Waals surface area contributed by atoms with E-state index >= 15 is 0 Å². The first-order valence-corrected chi connectivity index (χ1v) is 9.24. The molecule has 0 bridgehead atoms. The van der Waals surface area contributed by atoms with E-state index in [1.807, 2.05) is 0 Å². The Bertz CT molecular complexity index is 909. The number of halogens is 3. The lowest BCUT2D eigenvalue weighted by atomic mass is 10.3. The molecule has 0 fully saturated rings. The molecule has 2 heterocycles. The minimum absolute atomic E-state index is 0.0724. The molecule has 8 nitrogen and oxygen atoms in total. The van der Waals surface area contributed by atoms with Gasteiger partial charge in [0, 0.05) is 12.1 Å². The van der Waals surface area contributed by atoms with E-state index in [-0.39, 0.29) is 44.7 Å². The van der Waals surface area contributed by atoms with Crippen molar-refractivity contribution < 1.29 is 27.2 Å². The number of aliphatic hydroxyl groups is 1. The fourth-order valence-corrected chi connectivity index (χ4v) is 4.16. The van der Waals surface area contributed by atoms with Crippen molar-refractivity contribution in [1.29, 1.82) is 0 Å². The van der Waals surface area contributed by atoms with Gasteiger partial charge < -0.3 is 18.8 Å². The number of ether oxygens (including phenoxy) is 2. The summed E-state index contributed by atoms with van der Waals surface area (Å²) in [6.07, 6.45) is 1.03. The minimum Gasteiger partial charge on any atom is -0.471 e. The maximum Gasteiger partial charge on any atom is 0.346 e. The Hall–Kier alpha value is -1.23. The van der Waals surface area contributed by atoms with Gasteiger partial charge in [-0.3, -0.25) is 0 Å². The van der Waals surface area contributed by atoms with Gasteiger partial charge in [-0.05, 0) is 12.1 Å². The molecule has 1 aliphatic heterocycles. The highest BCUT2D eigenvalue weighted by atomic mass is 35.5. The summed E-state index contributed by atoms with van der Waals surface area (Å²) in [6.45, 7) is -0.392. The number of rotatable bonds is 4. The maximum atomic E-state index is 12.6. The Morgan fingerprint density at radius 2 is 1.96 bits per heavy atom. The van der Waals surface area contributed by atoms with Crippen molar-refractivity contribution in [2.24, 2.45) is 0 Å². The molecule has 3 rings (SSSR count). The maximum absolute atomic E-state index is 12.6. The molecule has 1 atom stereocenters. The van der Waals surface area contributed by atoms with Crippen LogP contribution in [0.2, 0.25) is 15.1 Å². The van der Waals surface area contributed by atoms with Gasteiger partial charge in [-0.25, -0.2) is 4.68 Å². The molecular formula is C13H11Cl3N2O6S. The van der Waals surface area contributed by atoms with Crippen molar-refractivity contribution in [2.45, 2.75) is 17.2 Å². The summed E-state index contributed by atoms with van der Waals surface area (Å²) >= 11 is 17.7. The van der Waals surface area contributed by atoms with Crippen molar-refractivity contribution in [3.8, 4) is 11.6 Å². The van der Waals surface area contributed by atoms with Crippen LogP contribution in [0.4, 0.5) is 0 Å². The predicted molar refractivity (Wildman–Crippen MR) is 89.0 cm³/mol. The standard InChI is InChI=1S/C13H11Cl3N2O6S/c1-22-13(19)5-18-12(23-6-13)10(4-17-18)25(20,21)24-11-8(15)2-7(14)3-9(11)16/h2-4,19H,5-6H2,1H3. The van der Waals surface area contributed by atoms with Crippen LogP contribution in [0.15, 0.2) is 23.2 Å². The summed E-state index contributed by atoms with van der Waals surface area (Å²) in [4.78, 5) is -0.340. The lowest BCUT2D eigenvalue weighted by molar-refractivity contribution is -0.224. The van der Waals surface area contributed by atoms with E-state index < -0.39 is 15.9 Å². The molecule has 0 aliphatic carbocycles. The number of aromatic nitrogens is 2. The molecule has 12 heteroatoms. The molecule has 0 amide bonds. The van der Waals surface area contributed by atoms with Crippen LogP contribution < -0.4 is 8.92 Å². The van der Waals surface area contributed by atoms with Crippen LogP contribution in [0.1, 0.15) is 0 Å². The highest BCUT2D eigenvalue weighted by Crippen LogP contribution is 2.39. The first-order valence-electron chi connectivity index (χ1n) is 6.70. The number of hydrogen-bond donors (Lipinski definition) is 1. The molecule has 136 valence electrons. The SMILES string of the molecule is COC1(O)COc2c(S(=O)(=O)Oc3c(Cl)cc(Cl)cc3Cl)cnn2C1. The lowest BCUT2D eigenvalue weighted by Crippen LogP contribution is -2.46. The Labute approximate surface area is 157 Å². The van der Waals surface area contributed by atoms with Crippen LogP contribution in [0.5, 0.6) is 11.6 Å². The van der Waals surface area contributed by atoms with Gasteiger partial charge >= 0.3 is 10.1 Å². The molecule has 25 heavy (non-hydrogen) atoms. The van der Waals surface area contributed by atoms with Gasteiger partial charge in [0.2, 0.25) is 11.7 Å². The average molecular weight is 430 g/mol. The number of fused-ring (bicyclic) bond motifs is 1. The predicted octanol–water partition coefficient (Wildman–Crippen LogP) is 2.34. The monoisotopic (exact) mass is 428 g/mol. The van der Waals surface area contributed by atoms with Crippen LogP contribution in [0.3, 0.4) is 0 Å². The fraction of sp³-hybridized carbons (Fsp3) is 0.308. The van der Waals surface area contributed by atoms with E-state index in [1.54, 1.807) is 0 Å². The second-order valence-corrected chi connectivity index (χ2v) is 7.91. The van der Waals surface area contributed by atoms with Crippen LogP contribution in [-0.4, -0.2) is 42.8 Å². The van der Waals surface area contributed by atoms with Crippen LogP contribution in [-0.2, 0) is 21.4 Å². The van der Waals surface area contributed by atoms with Gasteiger partial charge in [0.05, 0.1) is 16.2 Å². The number of nitrogens with zero attached hydrogens (tertiary/aromatic N) is 2. The normalized spacial score (nSPS) is 20.0. The van der Waals surface area contributed by atoms with Crippen molar-refractivity contribution in [1.82, 2.24) is 9.78 Å². The molecule has 1 unspecified atom stereocenters. The van der Waals surface area contributed by atoms with E-state index in [1.165, 1.54) is 19.2 Å². The zero-order valence-electron chi connectivity index (χ0n) is 12.6. The molecule has 0 saturated heterocycles. The van der Waals surface area contributed by atoms with Crippen LogP contribution in [0.25, 0.3) is 0 Å². The number of hydrogen-bond acceptors (Lipinski definition) is 7. The molecule has 2 aromatic rings. The molecule has 1 aromatic heterocycles. The summed E-state index contributed by atoms with van der Waals surface area (Å²) in [5.74, 6) is -1.97. The molecule has 0 spiro atoms. The largest absolute Gasteiger partial charge is 0.471 e. The van der Waals surface area contributed by atoms with Crippen molar-refractivity contribution in [3.63, 3.8) is 0 Å². The van der Waals surface area contributed by atoms with Gasteiger partial charge in [0.15, 0.2) is 10.6 Å². The first-order chi connectivity index (χ1) is 11.6. The Morgan fingerprint density at radius 1 is 1.32 bits per heavy atom. The van der Waals surface area contributed by atoms with Crippen molar-refractivity contribution >= 4 is 44.9 Å². The van der Waals surface area contributed by atoms with E-state index in [0.717, 1.165) is 10.9 Å². The van der Waals surface area contributed by atoms with Gasteiger partial charge in [-0.1, -0.05) is 34.8 Å². The lowest BCUT2D eigenvalue weighted by Gasteiger charge is -2.31. The van der Waals surface area contributed by atoms with Crippen molar-refractivity contribution in [3.05, 3.63) is 33.4 Å². The Balaban J connectivity index is 1.96. The average Bonchev–Trinajstić information content (AvgIpc) is 2.94. The summed E-state index contributed by atoms with van der Waals surface area (Å²) in [5, 5.41) is 14.0. The molecule has 0 radical (unpaired) electrons. The van der Waals surface area contributed by atoms with Gasteiger partial charge in [0.25, 0.3) is 0 Å². The zero-order valence-corrected chi connectivity index (χ0v) is 15.7. The van der Waals surface area contributed by atoms with Gasteiger partial charge in [-0.2, -0.15) is 13.5 Å². The topological polar surface area (TPSA) is 99.9 Å². The third-order valence-electron chi connectivity index (χ3n) is 3.40. The second-order valence-electron chi connectivity index (χ2n) is 5.15. The summed E-state index contributed by atoms with van der Waals surface area (Å²) in [5.41, 5.74) is 0.